The summed E-state index contributed by atoms with van der Waals surface area (Å²) in [5, 5.41) is 0. The number of aryl methyl sites for hydroxylation is 1. The molecular formula is C11H16FNO. The average molecular weight is 197 g/mol. The van der Waals surface area contributed by atoms with Gasteiger partial charge in [-0.25, -0.2) is 4.39 Å². The van der Waals surface area contributed by atoms with Crippen LogP contribution in [0.3, 0.4) is 0 Å². The molecule has 0 amide bonds. The number of hydrogen-bond acceptors (Lipinski definition) is 2. The van der Waals surface area contributed by atoms with E-state index < -0.39 is 0 Å². The van der Waals surface area contributed by atoms with Crippen molar-refractivity contribution in [3.8, 4) is 5.75 Å². The molecule has 0 aromatic heterocycles. The van der Waals surface area contributed by atoms with Crippen LogP contribution >= 0.6 is 0 Å². The van der Waals surface area contributed by atoms with Crippen LogP contribution in [-0.4, -0.2) is 12.1 Å². The van der Waals surface area contributed by atoms with Crippen LogP contribution in [0, 0.1) is 12.7 Å². The predicted molar refractivity (Wildman–Crippen MR) is 54.9 cm³/mol. The van der Waals surface area contributed by atoms with E-state index in [2.05, 4.69) is 0 Å². The number of ether oxygens (including phenoxy) is 1. The molecule has 1 aromatic rings. The largest absolute Gasteiger partial charge is 0.489 e. The van der Waals surface area contributed by atoms with Crippen molar-refractivity contribution >= 4 is 0 Å². The van der Waals surface area contributed by atoms with Crippen molar-refractivity contribution in [2.24, 2.45) is 5.73 Å². The molecule has 0 fully saturated rings. The van der Waals surface area contributed by atoms with Gasteiger partial charge in [0.05, 0.1) is 0 Å². The molecule has 0 spiro atoms. The van der Waals surface area contributed by atoms with Gasteiger partial charge in [0.1, 0.15) is 17.7 Å². The number of rotatable bonds is 3. The Labute approximate surface area is 83.9 Å². The molecule has 2 atom stereocenters. The van der Waals surface area contributed by atoms with E-state index in [-0.39, 0.29) is 18.0 Å². The first kappa shape index (κ1) is 11.0. The van der Waals surface area contributed by atoms with Gasteiger partial charge in [-0.3, -0.25) is 0 Å². The first-order chi connectivity index (χ1) is 6.50. The smallest absolute Gasteiger partial charge is 0.123 e. The molecule has 3 heteroatoms. The molecule has 0 saturated heterocycles. The zero-order valence-corrected chi connectivity index (χ0v) is 8.75. The standard InChI is InChI=1S/C11H16FNO/c1-7-6-10(12)4-5-11(7)14-9(3)8(2)13/h4-6,8-9H,13H2,1-3H3. The Kier molecular flexibility index (Phi) is 3.47. The first-order valence-corrected chi connectivity index (χ1v) is 4.69. The fourth-order valence-corrected chi connectivity index (χ4v) is 1.05. The summed E-state index contributed by atoms with van der Waals surface area (Å²) in [5.74, 6) is 0.444. The Hall–Kier alpha value is -1.09. The maximum Gasteiger partial charge on any atom is 0.123 e. The lowest BCUT2D eigenvalue weighted by Crippen LogP contribution is -2.33. The topological polar surface area (TPSA) is 35.2 Å². The molecule has 14 heavy (non-hydrogen) atoms. The Morgan fingerprint density at radius 2 is 2.00 bits per heavy atom. The quantitative estimate of drug-likeness (QED) is 0.806. The van der Waals surface area contributed by atoms with Gasteiger partial charge in [-0.1, -0.05) is 0 Å². The van der Waals surface area contributed by atoms with Gasteiger partial charge < -0.3 is 10.5 Å². The molecule has 0 radical (unpaired) electrons. The molecule has 2 unspecified atom stereocenters. The maximum absolute atomic E-state index is 12.8. The van der Waals surface area contributed by atoms with Crippen LogP contribution in [0.25, 0.3) is 0 Å². The molecular weight excluding hydrogens is 181 g/mol. The van der Waals surface area contributed by atoms with Gasteiger partial charge in [0.2, 0.25) is 0 Å². The van der Waals surface area contributed by atoms with Crippen LogP contribution < -0.4 is 10.5 Å². The van der Waals surface area contributed by atoms with E-state index in [1.54, 1.807) is 6.07 Å². The van der Waals surface area contributed by atoms with Crippen molar-refractivity contribution in [1.29, 1.82) is 0 Å². The molecule has 78 valence electrons. The highest BCUT2D eigenvalue weighted by Gasteiger charge is 2.10. The van der Waals surface area contributed by atoms with E-state index in [0.29, 0.717) is 5.75 Å². The number of halogens is 1. The van der Waals surface area contributed by atoms with E-state index >= 15 is 0 Å². The van der Waals surface area contributed by atoms with Crippen molar-refractivity contribution in [3.63, 3.8) is 0 Å². The van der Waals surface area contributed by atoms with E-state index in [1.807, 2.05) is 20.8 Å². The number of nitrogens with two attached hydrogens (primary N) is 1. The summed E-state index contributed by atoms with van der Waals surface area (Å²) in [6, 6.07) is 4.42. The second-order valence-corrected chi connectivity index (χ2v) is 3.59. The minimum absolute atomic E-state index is 0.0422. The normalized spacial score (nSPS) is 14.9. The average Bonchev–Trinajstić information content (AvgIpc) is 2.09. The molecule has 0 aliphatic heterocycles. The van der Waals surface area contributed by atoms with Crippen molar-refractivity contribution in [1.82, 2.24) is 0 Å². The summed E-state index contributed by atoms with van der Waals surface area (Å²) in [4.78, 5) is 0. The van der Waals surface area contributed by atoms with Gasteiger partial charge >= 0.3 is 0 Å². The minimum atomic E-state index is -0.247. The Morgan fingerprint density at radius 1 is 1.36 bits per heavy atom. The zero-order valence-electron chi connectivity index (χ0n) is 8.75. The highest BCUT2D eigenvalue weighted by Crippen LogP contribution is 2.20. The summed E-state index contributed by atoms with van der Waals surface area (Å²) in [7, 11) is 0. The van der Waals surface area contributed by atoms with Crippen LogP contribution in [0.1, 0.15) is 19.4 Å². The molecule has 0 aliphatic rings. The van der Waals surface area contributed by atoms with Crippen LogP contribution in [0.5, 0.6) is 5.75 Å². The van der Waals surface area contributed by atoms with Crippen LogP contribution in [-0.2, 0) is 0 Å². The molecule has 0 heterocycles. The van der Waals surface area contributed by atoms with Crippen molar-refractivity contribution in [2.75, 3.05) is 0 Å². The maximum atomic E-state index is 12.8. The van der Waals surface area contributed by atoms with Crippen LogP contribution in [0.4, 0.5) is 4.39 Å². The molecule has 1 rings (SSSR count). The van der Waals surface area contributed by atoms with E-state index in [0.717, 1.165) is 5.56 Å². The van der Waals surface area contributed by atoms with Gasteiger partial charge in [0, 0.05) is 6.04 Å². The van der Waals surface area contributed by atoms with Gasteiger partial charge in [0.25, 0.3) is 0 Å². The van der Waals surface area contributed by atoms with E-state index in [9.17, 15) is 4.39 Å². The van der Waals surface area contributed by atoms with Gasteiger partial charge in [-0.15, -0.1) is 0 Å². The number of benzene rings is 1. The number of hydrogen-bond donors (Lipinski definition) is 1. The fraction of sp³-hybridized carbons (Fsp3) is 0.455. The zero-order chi connectivity index (χ0) is 10.7. The SMILES string of the molecule is Cc1cc(F)ccc1OC(C)C(C)N. The summed E-state index contributed by atoms with van der Waals surface area (Å²) in [5.41, 5.74) is 6.45. The third kappa shape index (κ3) is 2.70. The highest BCUT2D eigenvalue weighted by atomic mass is 19.1. The summed E-state index contributed by atoms with van der Waals surface area (Å²) >= 11 is 0. The molecule has 2 N–H and O–H groups in total. The Balaban J connectivity index is 2.77. The summed E-state index contributed by atoms with van der Waals surface area (Å²) < 4.78 is 18.3. The second kappa shape index (κ2) is 4.42. The van der Waals surface area contributed by atoms with E-state index in [4.69, 9.17) is 10.5 Å². The van der Waals surface area contributed by atoms with Crippen molar-refractivity contribution in [2.45, 2.75) is 32.9 Å². The molecule has 0 bridgehead atoms. The molecule has 1 aromatic carbocycles. The van der Waals surface area contributed by atoms with Crippen molar-refractivity contribution < 1.29 is 9.13 Å². The Morgan fingerprint density at radius 3 is 2.50 bits per heavy atom. The van der Waals surface area contributed by atoms with E-state index in [1.165, 1.54) is 12.1 Å². The van der Waals surface area contributed by atoms with Gasteiger partial charge in [-0.05, 0) is 44.5 Å². The van der Waals surface area contributed by atoms with Crippen molar-refractivity contribution in [3.05, 3.63) is 29.6 Å². The lowest BCUT2D eigenvalue weighted by molar-refractivity contribution is 0.195. The van der Waals surface area contributed by atoms with Crippen LogP contribution in [0.15, 0.2) is 18.2 Å². The lowest BCUT2D eigenvalue weighted by Gasteiger charge is -2.19. The lowest BCUT2D eigenvalue weighted by atomic mass is 10.2. The predicted octanol–water partition coefficient (Wildman–Crippen LogP) is 2.25. The molecule has 0 aliphatic carbocycles. The first-order valence-electron chi connectivity index (χ1n) is 4.69. The van der Waals surface area contributed by atoms with Gasteiger partial charge in [-0.2, -0.15) is 0 Å². The molecule has 2 nitrogen and oxygen atoms in total. The second-order valence-electron chi connectivity index (χ2n) is 3.59. The third-order valence-electron chi connectivity index (χ3n) is 2.19. The summed E-state index contributed by atoms with van der Waals surface area (Å²) in [6.45, 7) is 5.59. The molecule has 0 saturated carbocycles. The van der Waals surface area contributed by atoms with Crippen LogP contribution in [0.2, 0.25) is 0 Å². The third-order valence-corrected chi connectivity index (χ3v) is 2.19. The highest BCUT2D eigenvalue weighted by molar-refractivity contribution is 5.32. The monoisotopic (exact) mass is 197 g/mol. The summed E-state index contributed by atoms with van der Waals surface area (Å²) in [6.07, 6.45) is -0.0702. The van der Waals surface area contributed by atoms with Gasteiger partial charge in [0.15, 0.2) is 0 Å². The fourth-order valence-electron chi connectivity index (χ4n) is 1.05. The Bertz CT molecular complexity index is 312. The minimum Gasteiger partial charge on any atom is -0.489 e.